The highest BCUT2D eigenvalue weighted by atomic mass is 16.5. The molecule has 1 fully saturated rings. The highest BCUT2D eigenvalue weighted by Gasteiger charge is 2.34. The lowest BCUT2D eigenvalue weighted by Gasteiger charge is -2.30. The lowest BCUT2D eigenvalue weighted by molar-refractivity contribution is -0.143. The van der Waals surface area contributed by atoms with Crippen molar-refractivity contribution < 1.29 is 14.3 Å². The highest BCUT2D eigenvalue weighted by Crippen LogP contribution is 2.39. The van der Waals surface area contributed by atoms with E-state index in [1.165, 1.54) is 12.8 Å². The summed E-state index contributed by atoms with van der Waals surface area (Å²) in [4.78, 5) is 25.9. The zero-order valence-corrected chi connectivity index (χ0v) is 19.8. The lowest BCUT2D eigenvalue weighted by Crippen LogP contribution is -2.26. The monoisotopic (exact) mass is 437 g/mol. The van der Waals surface area contributed by atoms with Gasteiger partial charge in [-0.1, -0.05) is 13.8 Å². The van der Waals surface area contributed by atoms with E-state index in [4.69, 9.17) is 4.74 Å². The Labute approximate surface area is 190 Å². The summed E-state index contributed by atoms with van der Waals surface area (Å²) in [6.45, 7) is 10.9. The molecule has 2 heterocycles. The highest BCUT2D eigenvalue weighted by molar-refractivity contribution is 6.11. The molecule has 1 saturated heterocycles. The first-order valence-electron chi connectivity index (χ1n) is 11.8. The molecule has 0 radical (unpaired) electrons. The maximum Gasteiger partial charge on any atom is 0.325 e. The molecule has 1 N–H and O–H groups in total. The summed E-state index contributed by atoms with van der Waals surface area (Å²) >= 11 is 0. The van der Waals surface area contributed by atoms with Crippen LogP contribution in [-0.4, -0.2) is 41.0 Å². The van der Waals surface area contributed by atoms with Gasteiger partial charge in [0.25, 0.3) is 0 Å². The van der Waals surface area contributed by atoms with Crippen LogP contribution in [-0.2, 0) is 28.9 Å². The summed E-state index contributed by atoms with van der Waals surface area (Å²) in [5.41, 5.74) is 9.09. The Kier molecular flexibility index (Phi) is 6.42. The van der Waals surface area contributed by atoms with E-state index in [1.807, 2.05) is 42.7 Å². The summed E-state index contributed by atoms with van der Waals surface area (Å²) in [5.74, 6) is -0.221. The van der Waals surface area contributed by atoms with Crippen molar-refractivity contribution in [2.75, 3.05) is 25.1 Å². The predicted molar refractivity (Wildman–Crippen MR) is 126 cm³/mol. The molecule has 0 amide bonds. The Hall–Kier alpha value is -2.60. The van der Waals surface area contributed by atoms with Gasteiger partial charge in [-0.05, 0) is 81.2 Å². The fourth-order valence-electron chi connectivity index (χ4n) is 5.07. The van der Waals surface area contributed by atoms with E-state index in [0.717, 1.165) is 60.6 Å². The molecular weight excluding hydrogens is 402 g/mol. The van der Waals surface area contributed by atoms with E-state index >= 15 is 0 Å². The number of hydrazine groups is 1. The third-order valence-electron chi connectivity index (χ3n) is 6.80. The minimum Gasteiger partial charge on any atom is -0.465 e. The quantitative estimate of drug-likeness (QED) is 0.509. The minimum atomic E-state index is -0.255. The molecule has 0 saturated carbocycles. The number of esters is 1. The van der Waals surface area contributed by atoms with Gasteiger partial charge in [-0.15, -0.1) is 0 Å². The molecule has 4 rings (SSSR count). The van der Waals surface area contributed by atoms with Crippen molar-refractivity contribution in [1.29, 1.82) is 0 Å². The normalized spacial score (nSPS) is 17.8. The SMILES string of the molecule is CCOC(=O)Cn1c(C)c(C(=O)c2ccc(NN3CCCC3)cc2)c2c1CCC(C)(C)C2. The first-order valence-corrected chi connectivity index (χ1v) is 11.8. The van der Waals surface area contributed by atoms with Gasteiger partial charge in [0.15, 0.2) is 5.78 Å². The number of ether oxygens (including phenoxy) is 1. The Morgan fingerprint density at radius 3 is 2.47 bits per heavy atom. The smallest absolute Gasteiger partial charge is 0.325 e. The van der Waals surface area contributed by atoms with Gasteiger partial charge in [0, 0.05) is 41.3 Å². The molecule has 1 aromatic heterocycles. The molecule has 0 atom stereocenters. The zero-order chi connectivity index (χ0) is 22.9. The van der Waals surface area contributed by atoms with E-state index in [-0.39, 0.29) is 23.7 Å². The average Bonchev–Trinajstić information content (AvgIpc) is 3.34. The third kappa shape index (κ3) is 4.60. The van der Waals surface area contributed by atoms with Crippen molar-refractivity contribution in [3.63, 3.8) is 0 Å². The maximum atomic E-state index is 13.7. The number of hydrogen-bond acceptors (Lipinski definition) is 5. The van der Waals surface area contributed by atoms with E-state index in [0.29, 0.717) is 12.2 Å². The maximum absolute atomic E-state index is 13.7. The van der Waals surface area contributed by atoms with E-state index in [2.05, 4.69) is 24.3 Å². The van der Waals surface area contributed by atoms with Gasteiger partial charge in [0.2, 0.25) is 0 Å². The number of carbonyl (C=O) groups is 2. The summed E-state index contributed by atoms with van der Waals surface area (Å²) in [5, 5.41) is 2.22. The summed E-state index contributed by atoms with van der Waals surface area (Å²) < 4.78 is 7.21. The topological polar surface area (TPSA) is 63.6 Å². The fraction of sp³-hybridized carbons (Fsp3) is 0.538. The standard InChI is InChI=1S/C26H35N3O3/c1-5-32-23(30)17-29-18(2)24(21-16-26(3,4)13-12-22(21)29)25(31)19-8-10-20(11-9-19)27-28-14-6-7-15-28/h8-11,27H,5-7,12-17H2,1-4H3. The molecule has 2 aromatic rings. The molecule has 6 heteroatoms. The number of hydrogen-bond donors (Lipinski definition) is 1. The van der Waals surface area contributed by atoms with Crippen molar-refractivity contribution in [3.05, 3.63) is 52.3 Å². The summed E-state index contributed by atoms with van der Waals surface area (Å²) in [6, 6.07) is 7.77. The molecule has 1 aliphatic carbocycles. The molecule has 0 unspecified atom stereocenters. The second-order valence-electron chi connectivity index (χ2n) is 9.83. The van der Waals surface area contributed by atoms with Crippen LogP contribution in [0.4, 0.5) is 5.69 Å². The minimum absolute atomic E-state index is 0.0341. The molecule has 0 bridgehead atoms. The number of nitrogens with zero attached hydrogens (tertiary/aromatic N) is 2. The van der Waals surface area contributed by atoms with Crippen LogP contribution < -0.4 is 5.43 Å². The number of ketones is 1. The number of carbonyl (C=O) groups excluding carboxylic acids is 2. The largest absolute Gasteiger partial charge is 0.465 e. The Balaban J connectivity index is 1.65. The van der Waals surface area contributed by atoms with Crippen molar-refractivity contribution in [1.82, 2.24) is 9.58 Å². The first-order chi connectivity index (χ1) is 15.3. The van der Waals surface area contributed by atoms with Crippen LogP contribution in [0.2, 0.25) is 0 Å². The van der Waals surface area contributed by atoms with Crippen LogP contribution in [0.5, 0.6) is 0 Å². The Morgan fingerprint density at radius 2 is 1.81 bits per heavy atom. The Bertz CT molecular complexity index is 998. The molecule has 2 aliphatic rings. The number of fused-ring (bicyclic) bond motifs is 1. The van der Waals surface area contributed by atoms with Crippen molar-refractivity contribution in [2.24, 2.45) is 5.41 Å². The second kappa shape index (κ2) is 9.10. The molecule has 1 aliphatic heterocycles. The van der Waals surface area contributed by atoms with Crippen LogP contribution in [0.15, 0.2) is 24.3 Å². The molecule has 172 valence electrons. The first kappa shape index (κ1) is 22.6. The lowest BCUT2D eigenvalue weighted by atomic mass is 9.75. The number of aromatic nitrogens is 1. The van der Waals surface area contributed by atoms with Gasteiger partial charge in [-0.25, -0.2) is 5.01 Å². The third-order valence-corrected chi connectivity index (χ3v) is 6.80. The van der Waals surface area contributed by atoms with Crippen LogP contribution in [0.3, 0.4) is 0 Å². The Morgan fingerprint density at radius 1 is 1.12 bits per heavy atom. The van der Waals surface area contributed by atoms with E-state index in [1.54, 1.807) is 0 Å². The van der Waals surface area contributed by atoms with Crippen LogP contribution in [0.1, 0.15) is 72.9 Å². The van der Waals surface area contributed by atoms with Crippen LogP contribution >= 0.6 is 0 Å². The van der Waals surface area contributed by atoms with E-state index < -0.39 is 0 Å². The zero-order valence-electron chi connectivity index (χ0n) is 19.8. The fourth-order valence-corrected chi connectivity index (χ4v) is 5.07. The molecular formula is C26H35N3O3. The van der Waals surface area contributed by atoms with Crippen LogP contribution in [0, 0.1) is 12.3 Å². The average molecular weight is 438 g/mol. The summed E-state index contributed by atoms with van der Waals surface area (Å²) in [7, 11) is 0. The van der Waals surface area contributed by atoms with Crippen molar-refractivity contribution in [3.8, 4) is 0 Å². The molecule has 32 heavy (non-hydrogen) atoms. The second-order valence-corrected chi connectivity index (χ2v) is 9.83. The molecule has 0 spiro atoms. The van der Waals surface area contributed by atoms with Gasteiger partial charge in [0.05, 0.1) is 6.61 Å². The molecule has 1 aromatic carbocycles. The van der Waals surface area contributed by atoms with Gasteiger partial charge >= 0.3 is 5.97 Å². The van der Waals surface area contributed by atoms with Gasteiger partial charge in [-0.2, -0.15) is 0 Å². The predicted octanol–water partition coefficient (Wildman–Crippen LogP) is 4.53. The van der Waals surface area contributed by atoms with Crippen molar-refractivity contribution >= 4 is 17.4 Å². The van der Waals surface area contributed by atoms with E-state index in [9.17, 15) is 9.59 Å². The summed E-state index contributed by atoms with van der Waals surface area (Å²) in [6.07, 6.45) is 5.18. The van der Waals surface area contributed by atoms with Gasteiger partial charge in [0.1, 0.15) is 6.54 Å². The van der Waals surface area contributed by atoms with Gasteiger partial charge < -0.3 is 14.7 Å². The number of benzene rings is 1. The molecule has 6 nitrogen and oxygen atoms in total. The van der Waals surface area contributed by atoms with Crippen molar-refractivity contribution in [2.45, 2.75) is 66.3 Å². The van der Waals surface area contributed by atoms with Crippen LogP contribution in [0.25, 0.3) is 0 Å². The van der Waals surface area contributed by atoms with Gasteiger partial charge in [-0.3, -0.25) is 9.59 Å². The number of anilines is 1. The number of rotatable bonds is 7. The number of nitrogens with one attached hydrogen (secondary N) is 1.